The van der Waals surface area contributed by atoms with E-state index in [9.17, 15) is 4.79 Å². The molecule has 0 saturated heterocycles. The van der Waals surface area contributed by atoms with Crippen molar-refractivity contribution in [3.05, 3.63) is 59.8 Å². The van der Waals surface area contributed by atoms with Gasteiger partial charge in [0, 0.05) is 17.3 Å². The van der Waals surface area contributed by atoms with Crippen LogP contribution in [0.5, 0.6) is 11.5 Å². The van der Waals surface area contributed by atoms with E-state index in [0.29, 0.717) is 23.1 Å². The van der Waals surface area contributed by atoms with Gasteiger partial charge >= 0.3 is 0 Å². The summed E-state index contributed by atoms with van der Waals surface area (Å²) in [5.74, 6) is 1.94. The zero-order valence-corrected chi connectivity index (χ0v) is 16.8. The highest BCUT2D eigenvalue weighted by atomic mass is 35.5. The number of methoxy groups -OCH3 is 1. The van der Waals surface area contributed by atoms with Gasteiger partial charge in [0.05, 0.1) is 19.0 Å². The maximum absolute atomic E-state index is 11.8. The van der Waals surface area contributed by atoms with E-state index in [2.05, 4.69) is 15.3 Å². The summed E-state index contributed by atoms with van der Waals surface area (Å²) >= 11 is 7.35. The SMILES string of the molecule is COc1ccc(-c2cnc(SCCNC(=O)COc3ccc(Cl)cc3)[nH]2)cc1. The number of carbonyl (C=O) groups excluding carboxylic acids is 1. The number of carbonyl (C=O) groups is 1. The lowest BCUT2D eigenvalue weighted by Gasteiger charge is -2.07. The molecule has 0 spiro atoms. The number of nitrogens with one attached hydrogen (secondary N) is 2. The Morgan fingerprint density at radius 1 is 1.14 bits per heavy atom. The van der Waals surface area contributed by atoms with Crippen LogP contribution < -0.4 is 14.8 Å². The van der Waals surface area contributed by atoms with Crippen LogP contribution in [0.3, 0.4) is 0 Å². The third-order valence-electron chi connectivity index (χ3n) is 3.80. The van der Waals surface area contributed by atoms with Crippen LogP contribution in [0, 0.1) is 0 Å². The summed E-state index contributed by atoms with van der Waals surface area (Å²) < 4.78 is 10.6. The van der Waals surface area contributed by atoms with Crippen molar-refractivity contribution in [1.29, 1.82) is 0 Å². The number of H-pyrrole nitrogens is 1. The Hall–Kier alpha value is -2.64. The van der Waals surface area contributed by atoms with Crippen LogP contribution in [0.15, 0.2) is 59.9 Å². The van der Waals surface area contributed by atoms with Gasteiger partial charge in [-0.1, -0.05) is 23.4 Å². The fourth-order valence-corrected chi connectivity index (χ4v) is 3.20. The van der Waals surface area contributed by atoms with E-state index in [1.807, 2.05) is 24.3 Å². The Kier molecular flexibility index (Phi) is 7.22. The molecule has 0 bridgehead atoms. The molecule has 0 radical (unpaired) electrons. The normalized spacial score (nSPS) is 10.5. The first kappa shape index (κ1) is 20.1. The second-order valence-electron chi connectivity index (χ2n) is 5.77. The number of nitrogens with zero attached hydrogens (tertiary/aromatic N) is 1. The monoisotopic (exact) mass is 417 g/mol. The Morgan fingerprint density at radius 2 is 1.86 bits per heavy atom. The van der Waals surface area contributed by atoms with E-state index in [1.54, 1.807) is 49.3 Å². The van der Waals surface area contributed by atoms with Crippen LogP contribution in [0.25, 0.3) is 11.3 Å². The minimum atomic E-state index is -0.172. The first-order valence-electron chi connectivity index (χ1n) is 8.61. The third-order valence-corrected chi connectivity index (χ3v) is 4.94. The van der Waals surface area contributed by atoms with Crippen LogP contribution in [0.4, 0.5) is 0 Å². The van der Waals surface area contributed by atoms with Gasteiger partial charge in [-0.15, -0.1) is 0 Å². The van der Waals surface area contributed by atoms with Crippen molar-refractivity contribution >= 4 is 29.3 Å². The molecule has 0 unspecified atom stereocenters. The molecule has 146 valence electrons. The molecule has 8 heteroatoms. The highest BCUT2D eigenvalue weighted by Crippen LogP contribution is 2.23. The number of hydrogen-bond donors (Lipinski definition) is 2. The largest absolute Gasteiger partial charge is 0.497 e. The molecular formula is C20H20ClN3O3S. The number of imidazole rings is 1. The van der Waals surface area contributed by atoms with Crippen molar-refractivity contribution in [1.82, 2.24) is 15.3 Å². The van der Waals surface area contributed by atoms with Gasteiger partial charge in [-0.3, -0.25) is 4.79 Å². The standard InChI is InChI=1S/C20H20ClN3O3S/c1-26-16-6-2-14(3-7-16)18-12-23-20(24-18)28-11-10-22-19(25)13-27-17-8-4-15(21)5-9-17/h2-9,12H,10-11,13H2,1H3,(H,22,25)(H,23,24). The number of halogens is 1. The predicted octanol–water partition coefficient (Wildman–Crippen LogP) is 4.03. The number of benzene rings is 2. The molecule has 1 amide bonds. The molecule has 3 rings (SSSR count). The lowest BCUT2D eigenvalue weighted by atomic mass is 10.2. The second-order valence-corrected chi connectivity index (χ2v) is 7.29. The van der Waals surface area contributed by atoms with Gasteiger partial charge < -0.3 is 19.8 Å². The summed E-state index contributed by atoms with van der Waals surface area (Å²) in [4.78, 5) is 19.5. The zero-order valence-electron chi connectivity index (χ0n) is 15.3. The molecule has 0 aliphatic carbocycles. The summed E-state index contributed by atoms with van der Waals surface area (Å²) in [6, 6.07) is 14.6. The van der Waals surface area contributed by atoms with Gasteiger partial charge in [-0.05, 0) is 54.1 Å². The average Bonchev–Trinajstić information content (AvgIpc) is 3.20. The first-order valence-corrected chi connectivity index (χ1v) is 9.97. The average molecular weight is 418 g/mol. The van der Waals surface area contributed by atoms with Crippen molar-refractivity contribution in [2.75, 3.05) is 26.0 Å². The molecule has 1 aromatic heterocycles. The van der Waals surface area contributed by atoms with Gasteiger partial charge in [0.15, 0.2) is 11.8 Å². The van der Waals surface area contributed by atoms with Crippen LogP contribution in [0.2, 0.25) is 5.02 Å². The van der Waals surface area contributed by atoms with Crippen molar-refractivity contribution < 1.29 is 14.3 Å². The van der Waals surface area contributed by atoms with Crippen LogP contribution in [0.1, 0.15) is 0 Å². The fraction of sp³-hybridized carbons (Fsp3) is 0.200. The van der Waals surface area contributed by atoms with Gasteiger partial charge in [-0.2, -0.15) is 0 Å². The van der Waals surface area contributed by atoms with E-state index in [-0.39, 0.29) is 12.5 Å². The number of thioether (sulfide) groups is 1. The molecule has 0 saturated carbocycles. The maximum Gasteiger partial charge on any atom is 0.257 e. The van der Waals surface area contributed by atoms with E-state index in [4.69, 9.17) is 21.1 Å². The lowest BCUT2D eigenvalue weighted by molar-refractivity contribution is -0.122. The summed E-state index contributed by atoms with van der Waals surface area (Å²) in [5, 5.41) is 4.25. The molecular weight excluding hydrogens is 398 g/mol. The Morgan fingerprint density at radius 3 is 2.57 bits per heavy atom. The van der Waals surface area contributed by atoms with Gasteiger partial charge in [-0.25, -0.2) is 4.98 Å². The molecule has 0 aliphatic heterocycles. The number of aromatic amines is 1. The minimum Gasteiger partial charge on any atom is -0.497 e. The maximum atomic E-state index is 11.8. The highest BCUT2D eigenvalue weighted by molar-refractivity contribution is 7.99. The van der Waals surface area contributed by atoms with E-state index in [0.717, 1.165) is 22.2 Å². The van der Waals surface area contributed by atoms with Crippen molar-refractivity contribution in [2.45, 2.75) is 5.16 Å². The van der Waals surface area contributed by atoms with E-state index in [1.165, 1.54) is 0 Å². The number of amides is 1. The third kappa shape index (κ3) is 5.94. The number of ether oxygens (including phenoxy) is 2. The molecule has 6 nitrogen and oxygen atoms in total. The topological polar surface area (TPSA) is 76.2 Å². The lowest BCUT2D eigenvalue weighted by Crippen LogP contribution is -2.30. The molecule has 0 atom stereocenters. The van der Waals surface area contributed by atoms with Crippen LogP contribution in [-0.4, -0.2) is 41.9 Å². The van der Waals surface area contributed by atoms with Crippen molar-refractivity contribution in [2.24, 2.45) is 0 Å². The Bertz CT molecular complexity index is 898. The number of aromatic nitrogens is 2. The molecule has 3 aromatic rings. The molecule has 0 fully saturated rings. The summed E-state index contributed by atoms with van der Waals surface area (Å²) in [5.41, 5.74) is 1.97. The Labute approximate surface area is 172 Å². The molecule has 2 N–H and O–H groups in total. The molecule has 2 aromatic carbocycles. The van der Waals surface area contributed by atoms with Gasteiger partial charge in [0.25, 0.3) is 5.91 Å². The fourth-order valence-electron chi connectivity index (χ4n) is 2.36. The molecule has 0 aliphatic rings. The quantitative estimate of drug-likeness (QED) is 0.406. The summed E-state index contributed by atoms with van der Waals surface area (Å²) in [6.45, 7) is 0.487. The van der Waals surface area contributed by atoms with Gasteiger partial charge in [0.2, 0.25) is 0 Å². The van der Waals surface area contributed by atoms with E-state index >= 15 is 0 Å². The van der Waals surface area contributed by atoms with E-state index < -0.39 is 0 Å². The van der Waals surface area contributed by atoms with Gasteiger partial charge in [0.1, 0.15) is 11.5 Å². The first-order chi connectivity index (χ1) is 13.6. The summed E-state index contributed by atoms with van der Waals surface area (Å²) in [6.07, 6.45) is 1.79. The number of hydrogen-bond acceptors (Lipinski definition) is 5. The number of rotatable bonds is 9. The Balaban J connectivity index is 1.37. The minimum absolute atomic E-state index is 0.0331. The van der Waals surface area contributed by atoms with Crippen LogP contribution >= 0.6 is 23.4 Å². The van der Waals surface area contributed by atoms with Crippen molar-refractivity contribution in [3.63, 3.8) is 0 Å². The molecule has 1 heterocycles. The molecule has 28 heavy (non-hydrogen) atoms. The van der Waals surface area contributed by atoms with Crippen LogP contribution in [-0.2, 0) is 4.79 Å². The smallest absolute Gasteiger partial charge is 0.257 e. The highest BCUT2D eigenvalue weighted by Gasteiger charge is 2.06. The van der Waals surface area contributed by atoms with Crippen molar-refractivity contribution in [3.8, 4) is 22.8 Å². The summed E-state index contributed by atoms with van der Waals surface area (Å²) in [7, 11) is 1.64. The predicted molar refractivity (Wildman–Crippen MR) is 111 cm³/mol. The second kappa shape index (κ2) is 10.1. The zero-order chi connectivity index (χ0) is 19.8.